The molecule has 1 aliphatic rings. The van der Waals surface area contributed by atoms with E-state index in [1.165, 1.54) is 0 Å². The number of anilines is 1. The molecule has 0 unspecified atom stereocenters. The molecule has 0 aliphatic carbocycles. The van der Waals surface area contributed by atoms with Crippen LogP contribution in [0.15, 0.2) is 47.5 Å². The fraction of sp³-hybridized carbons (Fsp3) is 0.263. The highest BCUT2D eigenvalue weighted by Gasteiger charge is 2.22. The number of aliphatic imine (C=N–C) groups is 1. The van der Waals surface area contributed by atoms with Crippen LogP contribution in [0.3, 0.4) is 0 Å². The summed E-state index contributed by atoms with van der Waals surface area (Å²) in [5, 5.41) is 3.53. The predicted molar refractivity (Wildman–Crippen MR) is 117 cm³/mol. The Hall–Kier alpha value is -1.70. The first-order valence-electron chi connectivity index (χ1n) is 8.66. The van der Waals surface area contributed by atoms with Gasteiger partial charge in [-0.3, -0.25) is 0 Å². The Morgan fingerprint density at radius 2 is 1.83 bits per heavy atom. The molecule has 0 radical (unpaired) electrons. The van der Waals surface area contributed by atoms with E-state index >= 15 is 0 Å². The number of amidine groups is 1. The molecule has 2 aromatic rings. The average Bonchev–Trinajstić information content (AvgIpc) is 2.70. The Kier molecular flexibility index (Phi) is 7.86. The maximum Gasteiger partial charge on any atom is 0.347 e. The van der Waals surface area contributed by atoms with E-state index in [2.05, 4.69) is 10.3 Å². The van der Waals surface area contributed by atoms with E-state index in [4.69, 9.17) is 55.9 Å². The summed E-state index contributed by atoms with van der Waals surface area (Å²) in [6, 6.07) is 11.1. The molecule has 2 amide bonds. The minimum atomic E-state index is -0.946. The molecule has 1 aliphatic heterocycles. The summed E-state index contributed by atoms with van der Waals surface area (Å²) in [7, 11) is 0. The molecule has 0 spiro atoms. The van der Waals surface area contributed by atoms with Crippen LogP contribution in [-0.2, 0) is 4.74 Å². The second-order valence-electron chi connectivity index (χ2n) is 5.97. The number of halogens is 4. The number of hydrogen-bond acceptors (Lipinski definition) is 3. The van der Waals surface area contributed by atoms with Gasteiger partial charge in [0.05, 0.1) is 23.9 Å². The maximum absolute atomic E-state index is 12.5. The van der Waals surface area contributed by atoms with Crippen molar-refractivity contribution in [2.45, 2.75) is 4.84 Å². The molecular weight excluding hydrogens is 460 g/mol. The molecule has 10 heteroatoms. The lowest BCUT2D eigenvalue weighted by atomic mass is 10.3. The highest BCUT2D eigenvalue weighted by molar-refractivity contribution is 6.54. The van der Waals surface area contributed by atoms with Crippen molar-refractivity contribution in [1.82, 2.24) is 4.90 Å². The number of urea groups is 1. The number of rotatable bonds is 4. The number of morpholine rings is 1. The van der Waals surface area contributed by atoms with E-state index in [1.807, 2.05) is 4.90 Å². The Morgan fingerprint density at radius 1 is 1.10 bits per heavy atom. The monoisotopic (exact) mass is 475 g/mol. The molecule has 2 aromatic carbocycles. The summed E-state index contributed by atoms with van der Waals surface area (Å²) in [5.41, 5.74) is 0.411. The Balaban J connectivity index is 1.78. The summed E-state index contributed by atoms with van der Waals surface area (Å²) in [4.78, 5) is 17.4. The van der Waals surface area contributed by atoms with Gasteiger partial charge in [-0.2, -0.15) is 4.99 Å². The predicted octanol–water partition coefficient (Wildman–Crippen LogP) is 5.85. The molecule has 3 rings (SSSR count). The van der Waals surface area contributed by atoms with E-state index in [9.17, 15) is 4.79 Å². The quantitative estimate of drug-likeness (QED) is 0.341. The van der Waals surface area contributed by atoms with Crippen molar-refractivity contribution in [3.63, 3.8) is 0 Å². The molecule has 0 atom stereocenters. The second-order valence-corrected chi connectivity index (χ2v) is 7.91. The van der Waals surface area contributed by atoms with Gasteiger partial charge in [0, 0.05) is 18.1 Å². The van der Waals surface area contributed by atoms with Gasteiger partial charge in [0.15, 0.2) is 10.6 Å². The van der Waals surface area contributed by atoms with Crippen molar-refractivity contribution in [1.29, 1.82) is 0 Å². The molecule has 1 fully saturated rings. The summed E-state index contributed by atoms with van der Waals surface area (Å²) < 4.78 is 11.1. The standard InChI is InChI=1S/C19H17Cl4N3O3/c20-12-5-6-15(13(21)11-12)29-16-4-2-1-3-14(16)24-19(27)25-18(17(22)23)26-7-9-28-10-8-26/h1-6,11,17H,7-10H2,(H,24,27). The van der Waals surface area contributed by atoms with Crippen LogP contribution in [0.1, 0.15) is 0 Å². The van der Waals surface area contributed by atoms with Gasteiger partial charge >= 0.3 is 6.03 Å². The van der Waals surface area contributed by atoms with Crippen LogP contribution < -0.4 is 10.1 Å². The van der Waals surface area contributed by atoms with Crippen LogP contribution in [0.25, 0.3) is 0 Å². The molecule has 0 bridgehead atoms. The van der Waals surface area contributed by atoms with Gasteiger partial charge in [-0.15, -0.1) is 0 Å². The minimum Gasteiger partial charge on any atom is -0.454 e. The van der Waals surface area contributed by atoms with E-state index < -0.39 is 10.9 Å². The van der Waals surface area contributed by atoms with E-state index in [0.717, 1.165) is 0 Å². The number of nitrogens with one attached hydrogen (secondary N) is 1. The Bertz CT molecular complexity index is 902. The highest BCUT2D eigenvalue weighted by Crippen LogP contribution is 2.35. The fourth-order valence-electron chi connectivity index (χ4n) is 2.63. The number of carbonyl (C=O) groups excluding carboxylic acids is 1. The maximum atomic E-state index is 12.5. The normalized spacial score (nSPS) is 14.8. The number of benzene rings is 2. The topological polar surface area (TPSA) is 63.2 Å². The highest BCUT2D eigenvalue weighted by atomic mass is 35.5. The van der Waals surface area contributed by atoms with Gasteiger partial charge in [-0.1, -0.05) is 58.5 Å². The molecule has 6 nitrogen and oxygen atoms in total. The second kappa shape index (κ2) is 10.4. The Labute approximate surface area is 188 Å². The van der Waals surface area contributed by atoms with Crippen LogP contribution in [0, 0.1) is 0 Å². The van der Waals surface area contributed by atoms with Crippen molar-refractivity contribution in [2.75, 3.05) is 31.6 Å². The van der Waals surface area contributed by atoms with E-state index in [0.29, 0.717) is 53.5 Å². The summed E-state index contributed by atoms with van der Waals surface area (Å²) >= 11 is 24.1. The molecule has 0 aromatic heterocycles. The lowest BCUT2D eigenvalue weighted by Gasteiger charge is -2.30. The fourth-order valence-corrected chi connectivity index (χ4v) is 3.45. The first-order valence-corrected chi connectivity index (χ1v) is 10.3. The third kappa shape index (κ3) is 6.14. The van der Waals surface area contributed by atoms with Crippen LogP contribution in [-0.4, -0.2) is 47.9 Å². The van der Waals surface area contributed by atoms with Gasteiger partial charge in [-0.05, 0) is 30.3 Å². The molecule has 29 heavy (non-hydrogen) atoms. The molecular formula is C19H17Cl4N3O3. The van der Waals surface area contributed by atoms with Gasteiger partial charge in [0.2, 0.25) is 0 Å². The zero-order valence-corrected chi connectivity index (χ0v) is 18.1. The van der Waals surface area contributed by atoms with Crippen molar-refractivity contribution in [3.05, 3.63) is 52.5 Å². The van der Waals surface area contributed by atoms with E-state index in [1.54, 1.807) is 42.5 Å². The molecule has 0 saturated carbocycles. The number of nitrogens with zero attached hydrogens (tertiary/aromatic N) is 2. The molecule has 1 saturated heterocycles. The number of para-hydroxylation sites is 2. The SMILES string of the molecule is O=C(N=C(C(Cl)Cl)N1CCOCC1)Nc1ccccc1Oc1ccc(Cl)cc1Cl. The molecule has 1 N–H and O–H groups in total. The number of carbonyl (C=O) groups is 1. The number of alkyl halides is 2. The van der Waals surface area contributed by atoms with E-state index in [-0.39, 0.29) is 5.84 Å². The number of hydrogen-bond donors (Lipinski definition) is 1. The number of ether oxygens (including phenoxy) is 2. The van der Waals surface area contributed by atoms with Gasteiger partial charge in [-0.25, -0.2) is 4.79 Å². The van der Waals surface area contributed by atoms with Crippen LogP contribution in [0.4, 0.5) is 10.5 Å². The summed E-state index contributed by atoms with van der Waals surface area (Å²) in [6.07, 6.45) is 0. The lowest BCUT2D eigenvalue weighted by molar-refractivity contribution is 0.0677. The van der Waals surface area contributed by atoms with Crippen LogP contribution in [0.5, 0.6) is 11.5 Å². The minimum absolute atomic E-state index is 0.272. The Morgan fingerprint density at radius 3 is 2.52 bits per heavy atom. The lowest BCUT2D eigenvalue weighted by Crippen LogP contribution is -2.43. The largest absolute Gasteiger partial charge is 0.454 e. The molecule has 1 heterocycles. The summed E-state index contributed by atoms with van der Waals surface area (Å²) in [5.74, 6) is 1.06. The third-order valence-corrected chi connectivity index (χ3v) is 4.91. The zero-order valence-electron chi connectivity index (χ0n) is 15.1. The van der Waals surface area contributed by atoms with Gasteiger partial charge in [0.1, 0.15) is 11.6 Å². The average molecular weight is 477 g/mol. The summed E-state index contributed by atoms with van der Waals surface area (Å²) in [6.45, 7) is 2.13. The van der Waals surface area contributed by atoms with Gasteiger partial charge < -0.3 is 19.7 Å². The van der Waals surface area contributed by atoms with Crippen molar-refractivity contribution >= 4 is 64.0 Å². The first-order chi connectivity index (χ1) is 13.9. The number of amides is 2. The smallest absolute Gasteiger partial charge is 0.347 e. The van der Waals surface area contributed by atoms with Crippen LogP contribution in [0.2, 0.25) is 10.0 Å². The van der Waals surface area contributed by atoms with Gasteiger partial charge in [0.25, 0.3) is 0 Å². The molecule has 154 valence electrons. The van der Waals surface area contributed by atoms with Crippen molar-refractivity contribution in [2.24, 2.45) is 4.99 Å². The zero-order chi connectivity index (χ0) is 20.8. The van der Waals surface area contributed by atoms with Crippen molar-refractivity contribution in [3.8, 4) is 11.5 Å². The van der Waals surface area contributed by atoms with Crippen molar-refractivity contribution < 1.29 is 14.3 Å². The first kappa shape index (κ1) is 22.0. The van der Waals surface area contributed by atoms with Crippen LogP contribution >= 0.6 is 46.4 Å². The third-order valence-electron chi connectivity index (χ3n) is 3.99.